The molecule has 1 aromatic rings. The topological polar surface area (TPSA) is 26.0 Å². The monoisotopic (exact) mass is 265 g/mol. The van der Waals surface area contributed by atoms with E-state index in [-0.39, 0.29) is 5.41 Å². The minimum Gasteiger partial charge on any atom is -0.448 e. The lowest BCUT2D eigenvalue weighted by atomic mass is 9.78. The predicted molar refractivity (Wildman–Crippen MR) is 81.4 cm³/mol. The molecule has 0 saturated heterocycles. The molecule has 0 amide bonds. The van der Waals surface area contributed by atoms with Gasteiger partial charge in [0.1, 0.15) is 5.76 Å². The Labute approximate surface area is 119 Å². The molecule has 1 rings (SSSR count). The lowest BCUT2D eigenvalue weighted by Gasteiger charge is -2.27. The van der Waals surface area contributed by atoms with Crippen LogP contribution in [0, 0.1) is 0 Å². The van der Waals surface area contributed by atoms with Gasteiger partial charge >= 0.3 is 0 Å². The minimum atomic E-state index is 0.192. The van der Waals surface area contributed by atoms with Crippen molar-refractivity contribution in [2.24, 2.45) is 0 Å². The second-order valence-corrected chi connectivity index (χ2v) is 6.05. The van der Waals surface area contributed by atoms with Crippen molar-refractivity contribution >= 4 is 0 Å². The molecule has 0 N–H and O–H groups in total. The molecule has 0 unspecified atom stereocenters. The van der Waals surface area contributed by atoms with Gasteiger partial charge in [-0.05, 0) is 12.8 Å². The van der Waals surface area contributed by atoms with Crippen LogP contribution in [0.3, 0.4) is 0 Å². The zero-order chi connectivity index (χ0) is 14.0. The molecule has 110 valence electrons. The normalized spacial score (nSPS) is 11.9. The average molecular weight is 265 g/mol. The van der Waals surface area contributed by atoms with Crippen LogP contribution < -0.4 is 0 Å². The van der Waals surface area contributed by atoms with Crippen LogP contribution in [0.25, 0.3) is 0 Å². The maximum Gasteiger partial charge on any atom is 0.180 e. The Bertz CT molecular complexity index is 293. The van der Waals surface area contributed by atoms with Gasteiger partial charge in [0, 0.05) is 5.41 Å². The first kappa shape index (κ1) is 16.3. The predicted octanol–water partition coefficient (Wildman–Crippen LogP) is 5.87. The van der Waals surface area contributed by atoms with Crippen molar-refractivity contribution in [2.45, 2.75) is 90.4 Å². The summed E-state index contributed by atoms with van der Waals surface area (Å²) in [4.78, 5) is 4.11. The first-order valence-corrected chi connectivity index (χ1v) is 8.12. The summed E-state index contributed by atoms with van der Waals surface area (Å²) in [6.45, 7) is 6.88. The highest BCUT2D eigenvalue weighted by Gasteiger charge is 2.28. The number of nitrogens with zero attached hydrogens (tertiary/aromatic N) is 1. The first-order chi connectivity index (χ1) is 9.23. The fourth-order valence-electron chi connectivity index (χ4n) is 2.77. The van der Waals surface area contributed by atoms with Crippen LogP contribution >= 0.6 is 0 Å². The summed E-state index contributed by atoms with van der Waals surface area (Å²) in [5.74, 6) is 1.08. The van der Waals surface area contributed by atoms with E-state index in [9.17, 15) is 0 Å². The quantitative estimate of drug-likeness (QED) is 0.467. The highest BCUT2D eigenvalue weighted by molar-refractivity contribution is 5.07. The number of hydrogen-bond acceptors (Lipinski definition) is 2. The van der Waals surface area contributed by atoms with Crippen molar-refractivity contribution in [2.75, 3.05) is 0 Å². The average Bonchev–Trinajstić information content (AvgIpc) is 2.95. The van der Waals surface area contributed by atoms with Gasteiger partial charge in [-0.15, -0.1) is 0 Å². The van der Waals surface area contributed by atoms with E-state index < -0.39 is 0 Å². The van der Waals surface area contributed by atoms with Gasteiger partial charge in [-0.25, -0.2) is 4.98 Å². The van der Waals surface area contributed by atoms with E-state index in [1.54, 1.807) is 6.39 Å². The van der Waals surface area contributed by atoms with Crippen molar-refractivity contribution in [3.8, 4) is 0 Å². The number of aromatic nitrogens is 1. The number of hydrogen-bond donors (Lipinski definition) is 0. The molecule has 0 aromatic carbocycles. The fourth-order valence-corrected chi connectivity index (χ4v) is 2.77. The third-order valence-electron chi connectivity index (χ3n) is 4.19. The Balaban J connectivity index is 2.47. The Morgan fingerprint density at radius 1 is 0.947 bits per heavy atom. The van der Waals surface area contributed by atoms with E-state index in [2.05, 4.69) is 25.8 Å². The van der Waals surface area contributed by atoms with Crippen molar-refractivity contribution < 1.29 is 4.42 Å². The Morgan fingerprint density at radius 2 is 1.53 bits per heavy atom. The molecule has 0 aliphatic carbocycles. The van der Waals surface area contributed by atoms with E-state index in [4.69, 9.17) is 4.42 Å². The molecule has 0 aliphatic rings. The minimum absolute atomic E-state index is 0.192. The Morgan fingerprint density at radius 3 is 1.95 bits per heavy atom. The SMILES string of the molecule is CCCCCCC(C)(CCCCCC)c1cnco1. The smallest absolute Gasteiger partial charge is 0.180 e. The molecule has 0 saturated carbocycles. The number of oxazole rings is 1. The summed E-state index contributed by atoms with van der Waals surface area (Å²) < 4.78 is 5.60. The van der Waals surface area contributed by atoms with Crippen LogP contribution in [0.1, 0.15) is 90.7 Å². The summed E-state index contributed by atoms with van der Waals surface area (Å²) in [5, 5.41) is 0. The molecule has 0 radical (unpaired) electrons. The Kier molecular flexibility index (Phi) is 7.85. The largest absolute Gasteiger partial charge is 0.448 e. The number of unbranched alkanes of at least 4 members (excludes halogenated alkanes) is 6. The third kappa shape index (κ3) is 5.80. The zero-order valence-electron chi connectivity index (χ0n) is 13.1. The molecular weight excluding hydrogens is 234 g/mol. The van der Waals surface area contributed by atoms with Crippen molar-refractivity contribution in [3.63, 3.8) is 0 Å². The van der Waals surface area contributed by atoms with E-state index in [0.717, 1.165) is 5.76 Å². The summed E-state index contributed by atoms with van der Waals surface area (Å²) in [5.41, 5.74) is 0.192. The van der Waals surface area contributed by atoms with Gasteiger partial charge in [-0.3, -0.25) is 0 Å². The lowest BCUT2D eigenvalue weighted by molar-refractivity contribution is 0.298. The molecule has 19 heavy (non-hydrogen) atoms. The summed E-state index contributed by atoms with van der Waals surface area (Å²) in [6, 6.07) is 0. The highest BCUT2D eigenvalue weighted by atomic mass is 16.3. The molecule has 2 heteroatoms. The summed E-state index contributed by atoms with van der Waals surface area (Å²) in [7, 11) is 0. The van der Waals surface area contributed by atoms with Gasteiger partial charge in [0.25, 0.3) is 0 Å². The second kappa shape index (κ2) is 9.17. The van der Waals surface area contributed by atoms with Gasteiger partial charge in [-0.2, -0.15) is 0 Å². The van der Waals surface area contributed by atoms with Gasteiger partial charge < -0.3 is 4.42 Å². The van der Waals surface area contributed by atoms with Crippen LogP contribution in [0.2, 0.25) is 0 Å². The number of rotatable bonds is 11. The van der Waals surface area contributed by atoms with Crippen molar-refractivity contribution in [1.82, 2.24) is 4.98 Å². The van der Waals surface area contributed by atoms with E-state index >= 15 is 0 Å². The van der Waals surface area contributed by atoms with E-state index in [1.807, 2.05) is 6.20 Å². The van der Waals surface area contributed by atoms with Gasteiger partial charge in [-0.1, -0.05) is 72.1 Å². The van der Waals surface area contributed by atoms with Gasteiger partial charge in [0.2, 0.25) is 0 Å². The van der Waals surface area contributed by atoms with Gasteiger partial charge in [0.05, 0.1) is 6.20 Å². The molecule has 0 spiro atoms. The van der Waals surface area contributed by atoms with Crippen molar-refractivity contribution in [3.05, 3.63) is 18.4 Å². The Hall–Kier alpha value is -0.790. The molecule has 0 atom stereocenters. The molecule has 1 heterocycles. The van der Waals surface area contributed by atoms with Crippen LogP contribution in [0.4, 0.5) is 0 Å². The standard InChI is InChI=1S/C17H31NO/c1-4-6-8-10-12-17(3,13-11-9-7-5-2)16-14-18-15-19-16/h14-15H,4-13H2,1-3H3. The molecule has 2 nitrogen and oxygen atoms in total. The molecular formula is C17H31NO. The molecule has 0 aliphatic heterocycles. The molecule has 0 fully saturated rings. The fraction of sp³-hybridized carbons (Fsp3) is 0.824. The first-order valence-electron chi connectivity index (χ1n) is 8.12. The van der Waals surface area contributed by atoms with E-state index in [0.29, 0.717) is 0 Å². The second-order valence-electron chi connectivity index (χ2n) is 6.05. The molecule has 0 bridgehead atoms. The van der Waals surface area contributed by atoms with Crippen LogP contribution in [0.5, 0.6) is 0 Å². The van der Waals surface area contributed by atoms with Crippen molar-refractivity contribution in [1.29, 1.82) is 0 Å². The zero-order valence-corrected chi connectivity index (χ0v) is 13.1. The lowest BCUT2D eigenvalue weighted by Crippen LogP contribution is -2.21. The van der Waals surface area contributed by atoms with E-state index in [1.165, 1.54) is 64.2 Å². The third-order valence-corrected chi connectivity index (χ3v) is 4.19. The van der Waals surface area contributed by atoms with Crippen LogP contribution in [-0.2, 0) is 5.41 Å². The molecule has 1 aromatic heterocycles. The summed E-state index contributed by atoms with van der Waals surface area (Å²) >= 11 is 0. The van der Waals surface area contributed by atoms with Crippen LogP contribution in [0.15, 0.2) is 17.0 Å². The van der Waals surface area contributed by atoms with Gasteiger partial charge in [0.15, 0.2) is 6.39 Å². The maximum absolute atomic E-state index is 5.60. The summed E-state index contributed by atoms with van der Waals surface area (Å²) in [6.07, 6.45) is 16.5. The highest BCUT2D eigenvalue weighted by Crippen LogP contribution is 2.35. The maximum atomic E-state index is 5.60. The van der Waals surface area contributed by atoms with Crippen LogP contribution in [-0.4, -0.2) is 4.98 Å².